The van der Waals surface area contributed by atoms with Gasteiger partial charge in [-0.05, 0) is 196 Å². The highest BCUT2D eigenvalue weighted by Crippen LogP contribution is 2.42. The molecule has 9 N–H and O–H groups in total. The van der Waals surface area contributed by atoms with Gasteiger partial charge in [0.15, 0.2) is 0 Å². The molecule has 95 heavy (non-hydrogen) atoms. The number of nitrogens with one attached hydrogen (secondary N) is 9. The van der Waals surface area contributed by atoms with Crippen LogP contribution in [-0.4, -0.2) is 186 Å². The summed E-state index contributed by atoms with van der Waals surface area (Å²) in [6.45, 7) is 25.6. The van der Waals surface area contributed by atoms with Gasteiger partial charge in [0.2, 0.25) is 0 Å². The number of piperidine rings is 3. The number of hydrogen-bond donors (Lipinski definition) is 9. The molecule has 0 saturated carbocycles. The lowest BCUT2D eigenvalue weighted by Crippen LogP contribution is -2.57. The topological polar surface area (TPSA) is 286 Å². The van der Waals surface area contributed by atoms with Gasteiger partial charge in [0.05, 0.1) is 49.1 Å². The number of aryl methyl sites for hydroxylation is 3. The number of benzene rings is 3. The third-order valence-electron chi connectivity index (χ3n) is 18.6. The van der Waals surface area contributed by atoms with Crippen LogP contribution >= 0.6 is 0 Å². The van der Waals surface area contributed by atoms with Crippen LogP contribution in [0.3, 0.4) is 0 Å². The predicted molar refractivity (Wildman–Crippen MR) is 378 cm³/mol. The van der Waals surface area contributed by atoms with Crippen LogP contribution in [0.4, 0.5) is 17.1 Å². The number of aromatic nitrogens is 3. The molecule has 3 fully saturated rings. The fourth-order valence-electron chi connectivity index (χ4n) is 13.2. The molecule has 0 aliphatic carbocycles. The van der Waals surface area contributed by atoms with Gasteiger partial charge in [-0.2, -0.15) is 0 Å². The largest absolute Gasteiger partial charge is 0.358 e. The fraction of sp³-hybridized carbons (Fsp3) is 0.400. The van der Waals surface area contributed by atoms with Gasteiger partial charge in [-0.3, -0.25) is 37.2 Å². The number of likely N-dealkylation sites (N-methyl/N-ethyl adjacent to an activating group) is 2. The molecular weight excluding hydrogens is 1260 g/mol. The molecule has 2 bridgehead atoms. The second-order valence-corrected chi connectivity index (χ2v) is 29.3. The van der Waals surface area contributed by atoms with Gasteiger partial charge in [0.1, 0.15) is 11.0 Å². The number of fused-ring (bicyclic) bond motifs is 8. The van der Waals surface area contributed by atoms with E-state index in [1.807, 2.05) is 39.8 Å². The summed E-state index contributed by atoms with van der Waals surface area (Å²) < 4.78 is 38.2. The predicted octanol–water partition coefficient (Wildman–Crippen LogP) is 7.71. The molecule has 13 rings (SSSR count). The van der Waals surface area contributed by atoms with E-state index < -0.39 is 32.6 Å². The highest BCUT2D eigenvalue weighted by Gasteiger charge is 2.37. The molecule has 3 aromatic heterocycles. The molecule has 6 aromatic rings. The Morgan fingerprint density at radius 2 is 1.15 bits per heavy atom. The molecule has 25 heteroatoms. The van der Waals surface area contributed by atoms with Crippen LogP contribution in [0, 0.1) is 33.6 Å². The Hall–Kier alpha value is -8.17. The number of anilines is 3. The Morgan fingerprint density at radius 3 is 1.67 bits per heavy atom. The van der Waals surface area contributed by atoms with Crippen LogP contribution in [0.2, 0.25) is 0 Å². The molecular formula is C70H87N13O9S3. The van der Waals surface area contributed by atoms with Crippen molar-refractivity contribution in [3.63, 3.8) is 0 Å². The van der Waals surface area contributed by atoms with Crippen LogP contribution in [0.15, 0.2) is 75.4 Å². The van der Waals surface area contributed by atoms with E-state index in [1.165, 1.54) is 0 Å². The average molecular weight is 1350 g/mol. The molecule has 0 radical (unpaired) electrons. The van der Waals surface area contributed by atoms with Crippen LogP contribution < -0.4 is 31.9 Å². The van der Waals surface area contributed by atoms with E-state index in [9.17, 15) is 41.4 Å². The van der Waals surface area contributed by atoms with E-state index in [4.69, 9.17) is 0 Å². The summed E-state index contributed by atoms with van der Waals surface area (Å²) in [7, 11) is 0.0355. The molecule has 504 valence electrons. The number of carbonyl (C=O) groups is 6. The van der Waals surface area contributed by atoms with Gasteiger partial charge < -0.3 is 61.6 Å². The van der Waals surface area contributed by atoms with Gasteiger partial charge in [0, 0.05) is 139 Å². The van der Waals surface area contributed by atoms with E-state index in [0.29, 0.717) is 108 Å². The molecule has 22 nitrogen and oxygen atoms in total. The number of H-pyrrole nitrogens is 3. The van der Waals surface area contributed by atoms with Crippen molar-refractivity contribution in [3.05, 3.63) is 139 Å². The van der Waals surface area contributed by atoms with Crippen molar-refractivity contribution in [2.45, 2.75) is 95.4 Å². The molecule has 4 atom stereocenters. The van der Waals surface area contributed by atoms with Crippen LogP contribution in [0.1, 0.15) is 134 Å². The molecule has 10 heterocycles. The summed E-state index contributed by atoms with van der Waals surface area (Å²) in [5, 5.41) is 17.8. The lowest BCUT2D eigenvalue weighted by Gasteiger charge is -2.44. The average Bonchev–Trinajstić information content (AvgIpc) is 1.62. The maximum atomic E-state index is 13.2. The van der Waals surface area contributed by atoms with Crippen LogP contribution in [-0.2, 0) is 53.4 Å². The number of nitrogens with zero attached hydrogens (tertiary/aromatic N) is 4. The molecule has 7 aliphatic heterocycles. The minimum absolute atomic E-state index is 0.0606. The minimum atomic E-state index is -1.31. The normalized spacial score (nSPS) is 20.0. The van der Waals surface area contributed by atoms with Crippen molar-refractivity contribution < 1.29 is 41.4 Å². The summed E-state index contributed by atoms with van der Waals surface area (Å²) in [6.07, 6.45) is 9.88. The summed E-state index contributed by atoms with van der Waals surface area (Å²) >= 11 is 0. The van der Waals surface area contributed by atoms with E-state index in [2.05, 4.69) is 89.2 Å². The number of carbonyl (C=O) groups excluding carboxylic acids is 6. The first-order valence-corrected chi connectivity index (χ1v) is 36.5. The quantitative estimate of drug-likeness (QED) is 0.0332. The van der Waals surface area contributed by atoms with Crippen molar-refractivity contribution in [2.75, 3.05) is 114 Å². The third kappa shape index (κ3) is 15.4. The fourth-order valence-corrected chi connectivity index (χ4v) is 15.8. The van der Waals surface area contributed by atoms with E-state index in [1.54, 1.807) is 91.4 Å². The second-order valence-electron chi connectivity index (χ2n) is 24.7. The monoisotopic (exact) mass is 1350 g/mol. The van der Waals surface area contributed by atoms with E-state index in [-0.39, 0.29) is 41.5 Å². The first-order chi connectivity index (χ1) is 45.5. The zero-order valence-electron chi connectivity index (χ0n) is 56.0. The molecule has 4 unspecified atom stereocenters. The van der Waals surface area contributed by atoms with Gasteiger partial charge in [0.25, 0.3) is 35.4 Å². The molecule has 3 saturated heterocycles. The highest BCUT2D eigenvalue weighted by atomic mass is 32.2. The summed E-state index contributed by atoms with van der Waals surface area (Å²) in [4.78, 5) is 95.0. The SMILES string of the molecule is CCN(CC)CCNC(=O)c1cc(/C=C2\C(=O)Nc3ccc(S(C)=O)cc32)[nH]c1C.CCN(CC)CCNC(=O)c1cc(/C=C2\C(=O)Nc3ccc4c(c32)CCS4=O)[nH]c1C.Cc1[nH]c(/C=C2\C(=O)Nc3ccc(S(=O)N(C)C)cc32)c(C)c1C(=O)NC1CN2CCC1CC2. The maximum Gasteiger partial charge on any atom is 0.256 e. The van der Waals surface area contributed by atoms with Gasteiger partial charge >= 0.3 is 0 Å². The maximum absolute atomic E-state index is 13.2. The van der Waals surface area contributed by atoms with Crippen molar-refractivity contribution >= 4 is 120 Å². The number of rotatable bonds is 20. The van der Waals surface area contributed by atoms with Crippen LogP contribution in [0.5, 0.6) is 0 Å². The third-order valence-corrected chi connectivity index (χ3v) is 22.3. The van der Waals surface area contributed by atoms with Crippen molar-refractivity contribution in [2.24, 2.45) is 5.92 Å². The summed E-state index contributed by atoms with van der Waals surface area (Å²) in [6, 6.07) is 18.0. The standard InChI is InChI=1S/C25H31N5O3S.C23H28N4O3S.C22H28N4O3S/c1-14-21(12-19-18-11-17(34(33)29(3)4)5-6-20(18)27-24(19)31)26-15(2)23(14)25(32)28-22-13-30-9-7-16(22)8-10-30;1-4-27(5-2)10-9-24-22(28)17-12-15(25-14(17)3)13-18-21-16-8-11-31(30)20(16)7-6-19(21)26-23(18)29;1-5-26(6-2)10-9-23-21(27)17-11-15(24-14(17)3)12-19-18-13-16(30(4)29)7-8-20(18)25-22(19)28/h5-6,11-12,16,22,26H,7-10,13H2,1-4H3,(H,27,31)(H,28,32);6-7,12-13,25H,4-5,8-11H2,1-3H3,(H,24,28)(H,26,29);7-8,11-13,24H,5-6,9-10H2,1-4H3,(H,23,27)(H,25,28)/b19-12-;18-13-;19-12-. The van der Waals surface area contributed by atoms with Gasteiger partial charge in [-0.25, -0.2) is 8.51 Å². The first-order valence-electron chi connectivity index (χ1n) is 32.5. The Labute approximate surface area is 562 Å². The van der Waals surface area contributed by atoms with E-state index in [0.717, 1.165) is 122 Å². The zero-order valence-corrected chi connectivity index (χ0v) is 58.4. The Kier molecular flexibility index (Phi) is 22.2. The molecule has 0 spiro atoms. The van der Waals surface area contributed by atoms with Gasteiger partial charge in [-0.15, -0.1) is 0 Å². The van der Waals surface area contributed by atoms with Crippen molar-refractivity contribution in [3.8, 4) is 0 Å². The Bertz CT molecular complexity index is 4180. The summed E-state index contributed by atoms with van der Waals surface area (Å²) in [5.41, 5.74) is 13.9. The molecule has 6 amide bonds. The first kappa shape index (κ1) is 69.7. The lowest BCUT2D eigenvalue weighted by atomic mass is 9.84. The lowest BCUT2D eigenvalue weighted by molar-refractivity contribution is -0.111. The highest BCUT2D eigenvalue weighted by molar-refractivity contribution is 7.85. The van der Waals surface area contributed by atoms with Crippen molar-refractivity contribution in [1.82, 2.24) is 49.9 Å². The Morgan fingerprint density at radius 1 is 0.642 bits per heavy atom. The minimum Gasteiger partial charge on any atom is -0.358 e. The Balaban J connectivity index is 0.000000156. The smallest absolute Gasteiger partial charge is 0.256 e. The van der Waals surface area contributed by atoms with Gasteiger partial charge in [-0.1, -0.05) is 27.7 Å². The molecule has 3 aromatic carbocycles. The number of hydrogen-bond acceptors (Lipinski definition) is 12. The number of amides is 6. The molecule has 7 aliphatic rings. The van der Waals surface area contributed by atoms with E-state index >= 15 is 0 Å². The summed E-state index contributed by atoms with van der Waals surface area (Å²) in [5.74, 6) is 0.198. The number of aromatic amines is 3. The second kappa shape index (κ2) is 30.3. The zero-order chi connectivity index (χ0) is 68.1. The van der Waals surface area contributed by atoms with Crippen molar-refractivity contribution in [1.29, 1.82) is 0 Å². The van der Waals surface area contributed by atoms with Crippen LogP contribution in [0.25, 0.3) is 34.9 Å².